The van der Waals surface area contributed by atoms with Crippen LogP contribution in [0.2, 0.25) is 0 Å². The topological polar surface area (TPSA) is 185 Å². The van der Waals surface area contributed by atoms with Crippen LogP contribution in [0.5, 0.6) is 0 Å². The van der Waals surface area contributed by atoms with E-state index >= 15 is 0 Å². The van der Waals surface area contributed by atoms with Gasteiger partial charge in [0.1, 0.15) is 12.6 Å². The van der Waals surface area contributed by atoms with E-state index < -0.39 is 48.8 Å². The molecule has 22 heavy (non-hydrogen) atoms. The number of rotatable bonds is 11. The quantitative estimate of drug-likeness (QED) is 0.228. The molecular weight excluding hydrogens is 296 g/mol. The van der Waals surface area contributed by atoms with Crippen molar-refractivity contribution in [3.05, 3.63) is 0 Å². The first-order chi connectivity index (χ1) is 10.3. The molecule has 0 fully saturated rings. The van der Waals surface area contributed by atoms with Crippen LogP contribution in [0.15, 0.2) is 0 Å². The molecule has 0 aliphatic rings. The van der Waals surface area contributed by atoms with Gasteiger partial charge in [0.05, 0.1) is 12.5 Å². The maximum Gasteiger partial charge on any atom is 0.322 e. The predicted molar refractivity (Wildman–Crippen MR) is 75.7 cm³/mol. The molecule has 0 heterocycles. The molecule has 0 aromatic carbocycles. The molecule has 0 saturated heterocycles. The van der Waals surface area contributed by atoms with Gasteiger partial charge in [-0.25, -0.2) is 0 Å². The molecule has 0 saturated carbocycles. The maximum atomic E-state index is 11.8. The smallest absolute Gasteiger partial charge is 0.322 e. The summed E-state index contributed by atoms with van der Waals surface area (Å²) in [6.45, 7) is -0.207. The second kappa shape index (κ2) is 10.5. The third-order valence-corrected chi connectivity index (χ3v) is 2.73. The summed E-state index contributed by atoms with van der Waals surface area (Å²) in [4.78, 5) is 44.6. The Morgan fingerprint density at radius 2 is 1.64 bits per heavy atom. The van der Waals surface area contributed by atoms with Crippen molar-refractivity contribution >= 4 is 23.8 Å². The molecule has 8 N–H and O–H groups in total. The Morgan fingerprint density at radius 3 is 2.14 bits per heavy atom. The minimum Gasteiger partial charge on any atom is -0.481 e. The third kappa shape index (κ3) is 8.87. The first-order valence-corrected chi connectivity index (χ1v) is 6.75. The summed E-state index contributed by atoms with van der Waals surface area (Å²) < 4.78 is 0. The number of hydrogen-bond acceptors (Lipinski definition) is 6. The van der Waals surface area contributed by atoms with Crippen LogP contribution in [-0.2, 0) is 19.2 Å². The number of carbonyl (C=O) groups is 4. The Labute approximate surface area is 127 Å². The molecule has 0 rings (SSSR count). The molecule has 0 unspecified atom stereocenters. The molecule has 0 aromatic heterocycles. The van der Waals surface area contributed by atoms with Crippen molar-refractivity contribution in [2.45, 2.75) is 37.8 Å². The van der Waals surface area contributed by atoms with E-state index in [9.17, 15) is 19.2 Å². The number of carbonyl (C=O) groups excluding carboxylic acids is 2. The minimum absolute atomic E-state index is 0.347. The number of amides is 2. The summed E-state index contributed by atoms with van der Waals surface area (Å²) in [5.74, 6) is -4.17. The van der Waals surface area contributed by atoms with Crippen molar-refractivity contribution in [1.82, 2.24) is 10.6 Å². The van der Waals surface area contributed by atoms with Gasteiger partial charge in [0.2, 0.25) is 11.8 Å². The van der Waals surface area contributed by atoms with E-state index in [1.807, 2.05) is 5.32 Å². The van der Waals surface area contributed by atoms with E-state index in [0.29, 0.717) is 25.8 Å². The van der Waals surface area contributed by atoms with Gasteiger partial charge in [0.15, 0.2) is 0 Å². The van der Waals surface area contributed by atoms with Crippen molar-refractivity contribution in [1.29, 1.82) is 0 Å². The van der Waals surface area contributed by atoms with Crippen molar-refractivity contribution in [3.63, 3.8) is 0 Å². The van der Waals surface area contributed by atoms with E-state index in [-0.39, 0.29) is 0 Å². The lowest BCUT2D eigenvalue weighted by Gasteiger charge is -2.19. The second-order valence-corrected chi connectivity index (χ2v) is 4.66. The van der Waals surface area contributed by atoms with E-state index in [1.165, 1.54) is 0 Å². The number of hydrogen-bond donors (Lipinski definition) is 6. The number of unbranched alkanes of at least 4 members (excludes halogenated alkanes) is 1. The van der Waals surface area contributed by atoms with Gasteiger partial charge in [0, 0.05) is 0 Å². The van der Waals surface area contributed by atoms with Gasteiger partial charge in [-0.1, -0.05) is 6.42 Å². The zero-order valence-corrected chi connectivity index (χ0v) is 12.1. The molecule has 2 atom stereocenters. The van der Waals surface area contributed by atoms with Gasteiger partial charge in [0.25, 0.3) is 0 Å². The molecule has 0 radical (unpaired) electrons. The third-order valence-electron chi connectivity index (χ3n) is 2.73. The van der Waals surface area contributed by atoms with Crippen LogP contribution in [0.1, 0.15) is 25.7 Å². The van der Waals surface area contributed by atoms with Crippen LogP contribution in [0.4, 0.5) is 0 Å². The van der Waals surface area contributed by atoms with Crippen LogP contribution >= 0.6 is 0 Å². The standard InChI is InChI=1S/C12H22N4O6/c13-4-2-1-3-7(14)11(21)16-8(5-9(17)18)12(22)15-6-10(19)20/h7-8H,1-6,13-14H2,(H,15,22)(H,16,21)(H,17,18)(H,19,20)/t7-,8-/m0/s1. The molecule has 0 aliphatic carbocycles. The Hall–Kier alpha value is -2.20. The highest BCUT2D eigenvalue weighted by Crippen LogP contribution is 2.00. The zero-order valence-electron chi connectivity index (χ0n) is 12.1. The summed E-state index contributed by atoms with van der Waals surface area (Å²) >= 11 is 0. The van der Waals surface area contributed by atoms with Crippen LogP contribution < -0.4 is 22.1 Å². The van der Waals surface area contributed by atoms with E-state index in [2.05, 4.69) is 5.32 Å². The largest absolute Gasteiger partial charge is 0.481 e. The van der Waals surface area contributed by atoms with Gasteiger partial charge in [-0.15, -0.1) is 0 Å². The Morgan fingerprint density at radius 1 is 1.00 bits per heavy atom. The van der Waals surface area contributed by atoms with Gasteiger partial charge >= 0.3 is 11.9 Å². The van der Waals surface area contributed by atoms with Gasteiger partial charge in [-0.05, 0) is 19.4 Å². The van der Waals surface area contributed by atoms with Gasteiger partial charge in [-0.2, -0.15) is 0 Å². The summed E-state index contributed by atoms with van der Waals surface area (Å²) in [6, 6.07) is -2.28. The molecule has 0 spiro atoms. The van der Waals surface area contributed by atoms with Crippen LogP contribution in [0.25, 0.3) is 0 Å². The lowest BCUT2D eigenvalue weighted by molar-refractivity contribution is -0.141. The molecule has 10 nitrogen and oxygen atoms in total. The predicted octanol–water partition coefficient (Wildman–Crippen LogP) is -2.40. The molecule has 0 aromatic rings. The number of nitrogens with one attached hydrogen (secondary N) is 2. The first kappa shape index (κ1) is 19.8. The van der Waals surface area contributed by atoms with Crippen LogP contribution in [0, 0.1) is 0 Å². The monoisotopic (exact) mass is 318 g/mol. The second-order valence-electron chi connectivity index (χ2n) is 4.66. The Balaban J connectivity index is 4.55. The van der Waals surface area contributed by atoms with Gasteiger partial charge in [-0.3, -0.25) is 19.2 Å². The molecule has 126 valence electrons. The highest BCUT2D eigenvalue weighted by Gasteiger charge is 2.26. The van der Waals surface area contributed by atoms with E-state index in [1.54, 1.807) is 0 Å². The fourth-order valence-corrected chi connectivity index (χ4v) is 1.59. The molecule has 0 bridgehead atoms. The highest BCUT2D eigenvalue weighted by atomic mass is 16.4. The van der Waals surface area contributed by atoms with Crippen LogP contribution in [0.3, 0.4) is 0 Å². The fourth-order valence-electron chi connectivity index (χ4n) is 1.59. The molecule has 10 heteroatoms. The van der Waals surface area contributed by atoms with E-state index in [0.717, 1.165) is 0 Å². The zero-order chi connectivity index (χ0) is 17.1. The SMILES string of the molecule is NCCCC[C@H](N)C(=O)N[C@@H](CC(=O)O)C(=O)NCC(=O)O. The normalized spacial score (nSPS) is 13.0. The number of carboxylic acid groups (broad SMARTS) is 2. The van der Waals surface area contributed by atoms with E-state index in [4.69, 9.17) is 21.7 Å². The average Bonchev–Trinajstić information content (AvgIpc) is 2.43. The molecule has 2 amide bonds. The Kier molecular flexibility index (Phi) is 9.46. The summed E-state index contributed by atoms with van der Waals surface area (Å²) in [5, 5.41) is 21.4. The van der Waals surface area contributed by atoms with Crippen LogP contribution in [-0.4, -0.2) is 59.1 Å². The lowest BCUT2D eigenvalue weighted by Crippen LogP contribution is -2.52. The van der Waals surface area contributed by atoms with Crippen molar-refractivity contribution in [3.8, 4) is 0 Å². The average molecular weight is 318 g/mol. The lowest BCUT2D eigenvalue weighted by atomic mass is 10.1. The number of nitrogens with two attached hydrogens (primary N) is 2. The maximum absolute atomic E-state index is 11.8. The van der Waals surface area contributed by atoms with Crippen molar-refractivity contribution < 1.29 is 29.4 Å². The Bertz CT molecular complexity index is 414. The molecular formula is C12H22N4O6. The van der Waals surface area contributed by atoms with Crippen molar-refractivity contribution in [2.24, 2.45) is 11.5 Å². The summed E-state index contributed by atoms with van der Waals surface area (Å²) in [5.41, 5.74) is 10.9. The number of carboxylic acids is 2. The van der Waals surface area contributed by atoms with Gasteiger partial charge < -0.3 is 32.3 Å². The fraction of sp³-hybridized carbons (Fsp3) is 0.667. The van der Waals surface area contributed by atoms with Crippen molar-refractivity contribution in [2.75, 3.05) is 13.1 Å². The number of aliphatic carboxylic acids is 2. The minimum atomic E-state index is -1.38. The highest BCUT2D eigenvalue weighted by molar-refractivity contribution is 5.93. The summed E-state index contributed by atoms with van der Waals surface area (Å²) in [7, 11) is 0. The first-order valence-electron chi connectivity index (χ1n) is 6.75. The summed E-state index contributed by atoms with van der Waals surface area (Å²) in [6.07, 6.45) is 0.991. The molecule has 0 aliphatic heterocycles.